The zero-order valence-corrected chi connectivity index (χ0v) is 5.98. The first-order valence-corrected chi connectivity index (χ1v) is 3.16. The topological polar surface area (TPSA) is 0 Å². The lowest BCUT2D eigenvalue weighted by Crippen LogP contribution is -1.67. The van der Waals surface area contributed by atoms with Crippen LogP contribution >= 0.6 is 15.9 Å². The van der Waals surface area contributed by atoms with E-state index in [1.165, 1.54) is 0 Å². The van der Waals surface area contributed by atoms with Crippen LogP contribution in [0.15, 0.2) is 28.7 Å². The van der Waals surface area contributed by atoms with E-state index in [9.17, 15) is 0 Å². The van der Waals surface area contributed by atoms with E-state index in [0.717, 1.165) is 10.0 Å². The normalized spacial score (nSPS) is 8.22. The predicted octanol–water partition coefficient (Wildman–Crippen LogP) is 1.72. The van der Waals surface area contributed by atoms with Crippen molar-refractivity contribution in [1.29, 1.82) is 0 Å². The standard InChI is InChI=1S/C7H6Br.Mg.2H/c1-6-3-2-4-7(8)5-6;;;/h2-5H,1H2;;;. The summed E-state index contributed by atoms with van der Waals surface area (Å²) in [5.74, 6) is 0. The molecule has 1 aromatic carbocycles. The fraction of sp³-hybridized carbons (Fsp3) is 0. The summed E-state index contributed by atoms with van der Waals surface area (Å²) in [5, 5.41) is 0. The number of hydrogen-bond acceptors (Lipinski definition) is 0. The van der Waals surface area contributed by atoms with Crippen molar-refractivity contribution in [1.82, 2.24) is 0 Å². The van der Waals surface area contributed by atoms with Gasteiger partial charge in [-0.25, -0.2) is 0 Å². The molecule has 1 rings (SSSR count). The summed E-state index contributed by atoms with van der Waals surface area (Å²) >= 11 is 3.32. The van der Waals surface area contributed by atoms with E-state index in [0.29, 0.717) is 0 Å². The van der Waals surface area contributed by atoms with Gasteiger partial charge >= 0.3 is 23.1 Å². The maximum absolute atomic E-state index is 3.75. The molecule has 0 spiro atoms. The Morgan fingerprint density at radius 2 is 2.00 bits per heavy atom. The minimum atomic E-state index is 0. The summed E-state index contributed by atoms with van der Waals surface area (Å²) in [4.78, 5) is 0. The highest BCUT2D eigenvalue weighted by Gasteiger charge is 1.82. The van der Waals surface area contributed by atoms with E-state index >= 15 is 0 Å². The van der Waals surface area contributed by atoms with Crippen molar-refractivity contribution in [3.63, 3.8) is 0 Å². The second-order valence-corrected chi connectivity index (χ2v) is 2.55. The van der Waals surface area contributed by atoms with Gasteiger partial charge in [0.15, 0.2) is 0 Å². The average molecular weight is 196 g/mol. The Bertz CT molecular complexity index is 169. The Kier molecular flexibility index (Phi) is 4.53. The SMILES string of the molecule is [CH2]c1cccc(Br)c1.[MgH2]. The van der Waals surface area contributed by atoms with Crippen LogP contribution in [0.3, 0.4) is 0 Å². The molecule has 0 aliphatic heterocycles. The highest BCUT2D eigenvalue weighted by atomic mass is 79.9. The van der Waals surface area contributed by atoms with Gasteiger partial charge in [-0.1, -0.05) is 28.1 Å². The third-order valence-corrected chi connectivity index (χ3v) is 1.38. The third-order valence-electron chi connectivity index (χ3n) is 0.889. The molecule has 9 heavy (non-hydrogen) atoms. The average Bonchev–Trinajstić information content (AvgIpc) is 1.64. The second kappa shape index (κ2) is 4.31. The summed E-state index contributed by atoms with van der Waals surface area (Å²) in [7, 11) is 0. The Hall–Kier alpha value is 0.466. The molecule has 0 atom stereocenters. The fourth-order valence-electron chi connectivity index (χ4n) is 0.537. The molecule has 0 aliphatic carbocycles. The maximum atomic E-state index is 3.75. The summed E-state index contributed by atoms with van der Waals surface area (Å²) in [5.41, 5.74) is 1.04. The van der Waals surface area contributed by atoms with Gasteiger partial charge in [-0.15, -0.1) is 0 Å². The van der Waals surface area contributed by atoms with E-state index in [4.69, 9.17) is 0 Å². The van der Waals surface area contributed by atoms with Crippen molar-refractivity contribution >= 4 is 39.0 Å². The number of hydrogen-bond donors (Lipinski definition) is 0. The second-order valence-electron chi connectivity index (χ2n) is 1.63. The van der Waals surface area contributed by atoms with E-state index in [2.05, 4.69) is 22.9 Å². The summed E-state index contributed by atoms with van der Waals surface area (Å²) in [6.07, 6.45) is 0. The molecule has 0 aliphatic rings. The fourth-order valence-corrected chi connectivity index (χ4v) is 0.984. The van der Waals surface area contributed by atoms with E-state index < -0.39 is 0 Å². The molecule has 0 heterocycles. The van der Waals surface area contributed by atoms with Crippen molar-refractivity contribution in [2.45, 2.75) is 0 Å². The van der Waals surface area contributed by atoms with Gasteiger partial charge in [-0.05, 0) is 24.6 Å². The lowest BCUT2D eigenvalue weighted by Gasteiger charge is -1.88. The summed E-state index contributed by atoms with van der Waals surface area (Å²) in [6, 6.07) is 7.88. The Morgan fingerprint density at radius 1 is 1.33 bits per heavy atom. The molecule has 45 valence electrons. The molecule has 0 bridgehead atoms. The minimum absolute atomic E-state index is 0. The molecule has 0 amide bonds. The third kappa shape index (κ3) is 3.23. The van der Waals surface area contributed by atoms with Gasteiger partial charge < -0.3 is 0 Å². The first kappa shape index (κ1) is 9.47. The molecule has 0 aromatic heterocycles. The molecule has 0 saturated heterocycles. The van der Waals surface area contributed by atoms with Crippen molar-refractivity contribution < 1.29 is 0 Å². The lowest BCUT2D eigenvalue weighted by atomic mass is 10.2. The van der Waals surface area contributed by atoms with Crippen molar-refractivity contribution in [3.8, 4) is 0 Å². The number of rotatable bonds is 0. The molecule has 1 radical (unpaired) electrons. The van der Waals surface area contributed by atoms with Gasteiger partial charge in [0.05, 0.1) is 0 Å². The molecule has 0 unspecified atom stereocenters. The molecule has 0 N–H and O–H groups in total. The highest BCUT2D eigenvalue weighted by molar-refractivity contribution is 9.10. The lowest BCUT2D eigenvalue weighted by molar-refractivity contribution is 1.57. The van der Waals surface area contributed by atoms with Gasteiger partial charge in [0.2, 0.25) is 0 Å². The van der Waals surface area contributed by atoms with Crippen LogP contribution in [-0.2, 0) is 0 Å². The van der Waals surface area contributed by atoms with E-state index in [1.54, 1.807) is 0 Å². The van der Waals surface area contributed by atoms with Crippen molar-refractivity contribution in [2.24, 2.45) is 0 Å². The molecule has 0 fully saturated rings. The van der Waals surface area contributed by atoms with E-state index in [1.807, 2.05) is 24.3 Å². The zero-order chi connectivity index (χ0) is 5.98. The summed E-state index contributed by atoms with van der Waals surface area (Å²) in [6.45, 7) is 3.75. The number of halogens is 1. The van der Waals surface area contributed by atoms with Crippen molar-refractivity contribution in [3.05, 3.63) is 41.2 Å². The highest BCUT2D eigenvalue weighted by Crippen LogP contribution is 2.09. The molecule has 2 heteroatoms. The first-order valence-electron chi connectivity index (χ1n) is 2.36. The van der Waals surface area contributed by atoms with Crippen LogP contribution in [0.25, 0.3) is 0 Å². The number of benzene rings is 1. The van der Waals surface area contributed by atoms with Gasteiger partial charge in [0, 0.05) is 4.47 Å². The minimum Gasteiger partial charge on any atom is -0.0609 e. The Morgan fingerprint density at radius 3 is 2.33 bits per heavy atom. The molecule has 0 saturated carbocycles. The zero-order valence-electron chi connectivity index (χ0n) is 4.39. The van der Waals surface area contributed by atoms with Crippen LogP contribution in [0, 0.1) is 6.92 Å². The quantitative estimate of drug-likeness (QED) is 0.554. The Labute approximate surface area is 79.9 Å². The van der Waals surface area contributed by atoms with Crippen molar-refractivity contribution in [2.75, 3.05) is 0 Å². The monoisotopic (exact) mass is 195 g/mol. The molecular weight excluding hydrogens is 188 g/mol. The molecular formula is C7H8BrMg. The van der Waals surface area contributed by atoms with Crippen LogP contribution < -0.4 is 0 Å². The first-order chi connectivity index (χ1) is 3.79. The predicted molar refractivity (Wildman–Crippen MR) is 47.1 cm³/mol. The van der Waals surface area contributed by atoms with Gasteiger partial charge in [0.1, 0.15) is 0 Å². The van der Waals surface area contributed by atoms with Crippen LogP contribution in [0.5, 0.6) is 0 Å². The van der Waals surface area contributed by atoms with Crippen LogP contribution in [0.4, 0.5) is 0 Å². The maximum Gasteiger partial charge on any atom is 0.316 e. The largest absolute Gasteiger partial charge is 0.316 e. The van der Waals surface area contributed by atoms with Gasteiger partial charge in [0.25, 0.3) is 0 Å². The van der Waals surface area contributed by atoms with Crippen LogP contribution in [0.2, 0.25) is 0 Å². The smallest absolute Gasteiger partial charge is 0.0609 e. The molecule has 0 nitrogen and oxygen atoms in total. The van der Waals surface area contributed by atoms with E-state index in [-0.39, 0.29) is 23.1 Å². The van der Waals surface area contributed by atoms with Crippen LogP contribution in [-0.4, -0.2) is 23.1 Å². The van der Waals surface area contributed by atoms with Gasteiger partial charge in [-0.2, -0.15) is 0 Å². The molecule has 1 aromatic rings. The van der Waals surface area contributed by atoms with Gasteiger partial charge in [-0.3, -0.25) is 0 Å². The van der Waals surface area contributed by atoms with Crippen LogP contribution in [0.1, 0.15) is 5.56 Å². The Balaban J connectivity index is 0.000000640. The summed E-state index contributed by atoms with van der Waals surface area (Å²) < 4.78 is 1.09.